The van der Waals surface area contributed by atoms with E-state index in [9.17, 15) is 9.90 Å². The first-order chi connectivity index (χ1) is 15.6. The smallest absolute Gasteiger partial charge is 0.241 e. The summed E-state index contributed by atoms with van der Waals surface area (Å²) >= 11 is 0. The first kappa shape index (κ1) is 23.2. The molecule has 2 atom stereocenters. The number of phenolic OH excluding ortho intramolecular Hbond substituents is 1. The quantitative estimate of drug-likeness (QED) is 0.447. The van der Waals surface area contributed by atoms with E-state index in [0.717, 1.165) is 16.7 Å². The van der Waals surface area contributed by atoms with Crippen LogP contribution in [0.3, 0.4) is 0 Å². The molecule has 0 fully saturated rings. The number of phenols is 1. The molecule has 0 saturated carbocycles. The lowest BCUT2D eigenvalue weighted by atomic mass is 9.95. The predicted octanol–water partition coefficient (Wildman–Crippen LogP) is 4.16. The number of carbonyl (C=O) groups is 1. The second-order valence-electron chi connectivity index (χ2n) is 7.46. The zero-order chi connectivity index (χ0) is 22.9. The first-order valence-electron chi connectivity index (χ1n) is 10.6. The number of aromatic hydroxyl groups is 1. The normalized spacial score (nSPS) is 12.6. The van der Waals surface area contributed by atoms with Gasteiger partial charge in [-0.25, -0.2) is 0 Å². The molecule has 0 aliphatic carbocycles. The molecule has 6 nitrogen and oxygen atoms in total. The lowest BCUT2D eigenvalue weighted by Gasteiger charge is -2.26. The van der Waals surface area contributed by atoms with E-state index in [1.165, 1.54) is 0 Å². The fourth-order valence-corrected chi connectivity index (χ4v) is 3.75. The van der Waals surface area contributed by atoms with Crippen LogP contribution in [0.5, 0.6) is 17.2 Å². The minimum Gasteiger partial charge on any atom is -0.508 e. The SMILES string of the molecule is CNC(=O)[C@H](N[C@H](CCc1ccccc1O)c1ccc(OC)c(OC)c1)c1ccccc1. The largest absolute Gasteiger partial charge is 0.508 e. The minimum absolute atomic E-state index is 0.121. The summed E-state index contributed by atoms with van der Waals surface area (Å²) < 4.78 is 10.9. The average Bonchev–Trinajstić information content (AvgIpc) is 2.84. The average molecular weight is 435 g/mol. The molecule has 0 aliphatic rings. The summed E-state index contributed by atoms with van der Waals surface area (Å²) in [7, 11) is 4.83. The molecule has 0 aromatic heterocycles. The molecule has 0 unspecified atom stereocenters. The molecule has 1 amide bonds. The summed E-state index contributed by atoms with van der Waals surface area (Å²) in [5, 5.41) is 16.5. The highest BCUT2D eigenvalue weighted by Crippen LogP contribution is 2.33. The molecule has 0 heterocycles. The molecule has 3 aromatic carbocycles. The maximum absolute atomic E-state index is 12.8. The van der Waals surface area contributed by atoms with Crippen LogP contribution in [0.1, 0.15) is 35.2 Å². The lowest BCUT2D eigenvalue weighted by Crippen LogP contribution is -2.38. The van der Waals surface area contributed by atoms with Crippen LogP contribution in [0.15, 0.2) is 72.8 Å². The number of hydrogen-bond acceptors (Lipinski definition) is 5. The van der Waals surface area contributed by atoms with Crippen molar-refractivity contribution in [1.29, 1.82) is 0 Å². The number of para-hydroxylation sites is 1. The predicted molar refractivity (Wildman–Crippen MR) is 125 cm³/mol. The number of amides is 1. The zero-order valence-corrected chi connectivity index (χ0v) is 18.7. The molecule has 3 aromatic rings. The molecule has 0 radical (unpaired) electrons. The standard InChI is InChI=1S/C26H30N2O4/c1-27-26(30)25(19-10-5-4-6-11-19)28-21(15-13-18-9-7-8-12-22(18)29)20-14-16-23(31-2)24(17-20)32-3/h4-12,14,16-17,21,25,28-29H,13,15H2,1-3H3,(H,27,30)/t21-,25-/m1/s1. The molecule has 32 heavy (non-hydrogen) atoms. The highest BCUT2D eigenvalue weighted by molar-refractivity contribution is 5.83. The fourth-order valence-electron chi connectivity index (χ4n) is 3.75. The summed E-state index contributed by atoms with van der Waals surface area (Å²) in [5.74, 6) is 1.41. The van der Waals surface area contributed by atoms with Crippen LogP contribution >= 0.6 is 0 Å². The van der Waals surface area contributed by atoms with Crippen molar-refractivity contribution in [2.75, 3.05) is 21.3 Å². The van der Waals surface area contributed by atoms with Crippen LogP contribution in [0.25, 0.3) is 0 Å². The minimum atomic E-state index is -0.538. The number of carbonyl (C=O) groups excluding carboxylic acids is 1. The van der Waals surface area contributed by atoms with Gasteiger partial charge in [-0.3, -0.25) is 10.1 Å². The third-order valence-electron chi connectivity index (χ3n) is 5.51. The number of ether oxygens (including phenoxy) is 2. The Balaban J connectivity index is 1.95. The van der Waals surface area contributed by atoms with Crippen molar-refractivity contribution in [3.05, 3.63) is 89.5 Å². The van der Waals surface area contributed by atoms with Crippen molar-refractivity contribution in [3.63, 3.8) is 0 Å². The van der Waals surface area contributed by atoms with Crippen LogP contribution in [0, 0.1) is 0 Å². The third-order valence-corrected chi connectivity index (χ3v) is 5.51. The number of rotatable bonds is 10. The number of nitrogens with one attached hydrogen (secondary N) is 2. The second kappa shape index (κ2) is 11.2. The van der Waals surface area contributed by atoms with E-state index in [0.29, 0.717) is 24.3 Å². The number of methoxy groups -OCH3 is 2. The third kappa shape index (κ3) is 5.59. The van der Waals surface area contributed by atoms with Gasteiger partial charge >= 0.3 is 0 Å². The molecular formula is C26H30N2O4. The maximum Gasteiger partial charge on any atom is 0.241 e. The van der Waals surface area contributed by atoms with E-state index < -0.39 is 6.04 Å². The summed E-state index contributed by atoms with van der Waals surface area (Å²) in [6.45, 7) is 0. The Bertz CT molecular complexity index is 1020. The molecule has 3 rings (SSSR count). The topological polar surface area (TPSA) is 79.8 Å². The molecule has 0 spiro atoms. The van der Waals surface area contributed by atoms with E-state index >= 15 is 0 Å². The Labute approximate surface area is 189 Å². The van der Waals surface area contributed by atoms with Crippen molar-refractivity contribution in [3.8, 4) is 17.2 Å². The monoisotopic (exact) mass is 434 g/mol. The van der Waals surface area contributed by atoms with E-state index in [1.54, 1.807) is 33.4 Å². The molecule has 0 saturated heterocycles. The molecule has 0 aliphatic heterocycles. The van der Waals surface area contributed by atoms with E-state index in [-0.39, 0.29) is 17.7 Å². The van der Waals surface area contributed by atoms with Gasteiger partial charge in [0.1, 0.15) is 11.8 Å². The van der Waals surface area contributed by atoms with E-state index in [4.69, 9.17) is 9.47 Å². The molecule has 3 N–H and O–H groups in total. The van der Waals surface area contributed by atoms with Gasteiger partial charge in [0.05, 0.1) is 14.2 Å². The second-order valence-corrected chi connectivity index (χ2v) is 7.46. The molecule has 6 heteroatoms. The Morgan fingerprint density at radius 3 is 2.25 bits per heavy atom. The summed E-state index contributed by atoms with van der Waals surface area (Å²) in [5.41, 5.74) is 2.69. The number of aryl methyl sites for hydroxylation is 1. The van der Waals surface area contributed by atoms with Gasteiger partial charge in [0.15, 0.2) is 11.5 Å². The van der Waals surface area contributed by atoms with Gasteiger partial charge in [-0.15, -0.1) is 0 Å². The van der Waals surface area contributed by atoms with Crippen LogP contribution in [-0.4, -0.2) is 32.3 Å². The van der Waals surface area contributed by atoms with Gasteiger partial charge in [-0.1, -0.05) is 54.6 Å². The maximum atomic E-state index is 12.8. The fraction of sp³-hybridized carbons (Fsp3) is 0.269. The van der Waals surface area contributed by atoms with Crippen LogP contribution in [-0.2, 0) is 11.2 Å². The van der Waals surface area contributed by atoms with Crippen molar-refractivity contribution >= 4 is 5.91 Å². The van der Waals surface area contributed by atoms with Gasteiger partial charge in [0, 0.05) is 13.1 Å². The van der Waals surface area contributed by atoms with Crippen LogP contribution in [0.4, 0.5) is 0 Å². The Kier molecular flexibility index (Phi) is 8.11. The Hall–Kier alpha value is -3.51. The molecular weight excluding hydrogens is 404 g/mol. The van der Waals surface area contributed by atoms with Crippen molar-refractivity contribution in [2.45, 2.75) is 24.9 Å². The van der Waals surface area contributed by atoms with Gasteiger partial charge in [-0.05, 0) is 47.7 Å². The Morgan fingerprint density at radius 1 is 0.906 bits per heavy atom. The van der Waals surface area contributed by atoms with Gasteiger partial charge in [0.2, 0.25) is 5.91 Å². The van der Waals surface area contributed by atoms with Crippen molar-refractivity contribution in [1.82, 2.24) is 10.6 Å². The van der Waals surface area contributed by atoms with Gasteiger partial charge in [-0.2, -0.15) is 0 Å². The van der Waals surface area contributed by atoms with Crippen molar-refractivity contribution in [2.24, 2.45) is 0 Å². The summed E-state index contributed by atoms with van der Waals surface area (Å²) in [6, 6.07) is 22.0. The number of likely N-dealkylation sites (N-methyl/N-ethyl adjacent to an activating group) is 1. The highest BCUT2D eigenvalue weighted by Gasteiger charge is 2.25. The number of benzene rings is 3. The molecule has 168 valence electrons. The summed E-state index contributed by atoms with van der Waals surface area (Å²) in [6.07, 6.45) is 1.29. The zero-order valence-electron chi connectivity index (χ0n) is 18.7. The van der Waals surface area contributed by atoms with Gasteiger partial charge < -0.3 is 19.9 Å². The summed E-state index contributed by atoms with van der Waals surface area (Å²) in [4.78, 5) is 12.8. The van der Waals surface area contributed by atoms with E-state index in [1.807, 2.05) is 60.7 Å². The first-order valence-corrected chi connectivity index (χ1v) is 10.6. The van der Waals surface area contributed by atoms with Gasteiger partial charge in [0.25, 0.3) is 0 Å². The van der Waals surface area contributed by atoms with E-state index in [2.05, 4.69) is 10.6 Å². The van der Waals surface area contributed by atoms with Crippen molar-refractivity contribution < 1.29 is 19.4 Å². The molecule has 0 bridgehead atoms. The lowest BCUT2D eigenvalue weighted by molar-refractivity contribution is -0.123. The Morgan fingerprint density at radius 2 is 1.59 bits per heavy atom. The number of hydrogen-bond donors (Lipinski definition) is 3. The van der Waals surface area contributed by atoms with Crippen LogP contribution in [0.2, 0.25) is 0 Å². The van der Waals surface area contributed by atoms with Crippen LogP contribution < -0.4 is 20.1 Å². The highest BCUT2D eigenvalue weighted by atomic mass is 16.5.